The highest BCUT2D eigenvalue weighted by Gasteiger charge is 2.32. The first-order valence-corrected chi connectivity index (χ1v) is 8.24. The van der Waals surface area contributed by atoms with Gasteiger partial charge in [0.25, 0.3) is 0 Å². The summed E-state index contributed by atoms with van der Waals surface area (Å²) in [5.41, 5.74) is 7.50. The molecule has 118 valence electrons. The first-order valence-electron chi connectivity index (χ1n) is 8.24. The van der Waals surface area contributed by atoms with Gasteiger partial charge in [0.05, 0.1) is 6.61 Å². The van der Waals surface area contributed by atoms with Gasteiger partial charge in [0.1, 0.15) is 5.75 Å². The van der Waals surface area contributed by atoms with Gasteiger partial charge in [0.2, 0.25) is 0 Å². The molecule has 1 aliphatic rings. The molecule has 0 spiro atoms. The van der Waals surface area contributed by atoms with E-state index in [0.29, 0.717) is 13.2 Å². The Kier molecular flexibility index (Phi) is 5.65. The van der Waals surface area contributed by atoms with E-state index in [1.165, 1.54) is 31.5 Å². The maximum Gasteiger partial charge on any atom is 0.119 e. The van der Waals surface area contributed by atoms with Crippen molar-refractivity contribution >= 4 is 0 Å². The molecule has 1 heterocycles. The van der Waals surface area contributed by atoms with Crippen molar-refractivity contribution < 1.29 is 4.74 Å². The summed E-state index contributed by atoms with van der Waals surface area (Å²) in [5.74, 6) is 1.81. The molecule has 3 nitrogen and oxygen atoms in total. The second-order valence-electron chi connectivity index (χ2n) is 6.63. The van der Waals surface area contributed by atoms with Crippen molar-refractivity contribution in [1.82, 2.24) is 4.90 Å². The largest absolute Gasteiger partial charge is 0.494 e. The van der Waals surface area contributed by atoms with Crippen LogP contribution in [0.3, 0.4) is 0 Å². The maximum absolute atomic E-state index is 6.14. The number of nitrogens with zero attached hydrogens (tertiary/aromatic N) is 1. The molecule has 0 aromatic heterocycles. The number of benzene rings is 1. The van der Waals surface area contributed by atoms with Crippen LogP contribution in [-0.4, -0.2) is 36.7 Å². The maximum atomic E-state index is 6.14. The minimum absolute atomic E-state index is 0.0466. The van der Waals surface area contributed by atoms with Crippen LogP contribution in [0.5, 0.6) is 5.75 Å². The number of rotatable bonds is 6. The molecule has 0 bridgehead atoms. The van der Waals surface area contributed by atoms with E-state index < -0.39 is 0 Å². The zero-order chi connectivity index (χ0) is 15.3. The Labute approximate surface area is 129 Å². The summed E-state index contributed by atoms with van der Waals surface area (Å²) in [5, 5.41) is 0. The molecule has 2 rings (SSSR count). The van der Waals surface area contributed by atoms with E-state index in [4.69, 9.17) is 10.5 Å². The minimum atomic E-state index is 0.0466. The van der Waals surface area contributed by atoms with Crippen LogP contribution in [0.15, 0.2) is 24.3 Å². The lowest BCUT2D eigenvalue weighted by Crippen LogP contribution is -2.55. The van der Waals surface area contributed by atoms with Crippen molar-refractivity contribution in [1.29, 1.82) is 0 Å². The van der Waals surface area contributed by atoms with E-state index in [1.54, 1.807) is 0 Å². The van der Waals surface area contributed by atoms with Crippen LogP contribution in [0.25, 0.3) is 0 Å². The van der Waals surface area contributed by atoms with Crippen molar-refractivity contribution in [2.24, 2.45) is 11.7 Å². The Morgan fingerprint density at radius 1 is 1.33 bits per heavy atom. The Bertz CT molecular complexity index is 441. The van der Waals surface area contributed by atoms with Gasteiger partial charge < -0.3 is 10.5 Å². The zero-order valence-corrected chi connectivity index (χ0v) is 13.8. The smallest absolute Gasteiger partial charge is 0.119 e. The molecule has 1 atom stereocenters. The van der Waals surface area contributed by atoms with Gasteiger partial charge in [-0.25, -0.2) is 0 Å². The molecule has 1 unspecified atom stereocenters. The van der Waals surface area contributed by atoms with E-state index in [-0.39, 0.29) is 5.54 Å². The standard InChI is InChI=1S/C18H30N2O/c1-4-21-17-7-5-6-16(12-17)13-18(3,14-19)20-10-8-15(2)9-11-20/h5-7,12,15H,4,8-11,13-14,19H2,1-3H3. The van der Waals surface area contributed by atoms with Crippen molar-refractivity contribution in [3.05, 3.63) is 29.8 Å². The number of ether oxygens (including phenoxy) is 1. The van der Waals surface area contributed by atoms with Crippen LogP contribution in [0, 0.1) is 5.92 Å². The molecule has 1 aromatic rings. The van der Waals surface area contributed by atoms with Crippen LogP contribution < -0.4 is 10.5 Å². The van der Waals surface area contributed by atoms with Gasteiger partial charge in [-0.3, -0.25) is 4.90 Å². The minimum Gasteiger partial charge on any atom is -0.494 e. The second-order valence-corrected chi connectivity index (χ2v) is 6.63. The molecule has 21 heavy (non-hydrogen) atoms. The first-order chi connectivity index (χ1) is 10.1. The lowest BCUT2D eigenvalue weighted by molar-refractivity contribution is 0.0708. The highest BCUT2D eigenvalue weighted by molar-refractivity contribution is 5.30. The third-order valence-corrected chi connectivity index (χ3v) is 4.78. The van der Waals surface area contributed by atoms with Crippen LogP contribution in [0.4, 0.5) is 0 Å². The summed E-state index contributed by atoms with van der Waals surface area (Å²) in [7, 11) is 0. The molecule has 3 heteroatoms. The Morgan fingerprint density at radius 2 is 2.05 bits per heavy atom. The highest BCUT2D eigenvalue weighted by Crippen LogP contribution is 2.27. The summed E-state index contributed by atoms with van der Waals surface area (Å²) in [4.78, 5) is 2.58. The Morgan fingerprint density at radius 3 is 2.67 bits per heavy atom. The summed E-state index contributed by atoms with van der Waals surface area (Å²) >= 11 is 0. The summed E-state index contributed by atoms with van der Waals surface area (Å²) in [6, 6.07) is 8.44. The molecular weight excluding hydrogens is 260 g/mol. The van der Waals surface area contributed by atoms with Gasteiger partial charge in [-0.2, -0.15) is 0 Å². The number of piperidine rings is 1. The average Bonchev–Trinajstić information content (AvgIpc) is 2.48. The third-order valence-electron chi connectivity index (χ3n) is 4.78. The number of hydrogen-bond donors (Lipinski definition) is 1. The monoisotopic (exact) mass is 290 g/mol. The highest BCUT2D eigenvalue weighted by atomic mass is 16.5. The zero-order valence-electron chi connectivity index (χ0n) is 13.8. The van der Waals surface area contributed by atoms with Crippen molar-refractivity contribution in [2.75, 3.05) is 26.2 Å². The third kappa shape index (κ3) is 4.21. The predicted octanol–water partition coefficient (Wildman–Crippen LogP) is 3.08. The summed E-state index contributed by atoms with van der Waals surface area (Å²) in [6.45, 7) is 10.4. The van der Waals surface area contributed by atoms with Gasteiger partial charge in [0.15, 0.2) is 0 Å². The van der Waals surface area contributed by atoms with E-state index in [2.05, 4.69) is 36.9 Å². The molecule has 0 amide bonds. The fraction of sp³-hybridized carbons (Fsp3) is 0.667. The van der Waals surface area contributed by atoms with Crippen LogP contribution >= 0.6 is 0 Å². The summed E-state index contributed by atoms with van der Waals surface area (Å²) < 4.78 is 5.61. The van der Waals surface area contributed by atoms with Crippen molar-refractivity contribution in [3.63, 3.8) is 0 Å². The first kappa shape index (κ1) is 16.3. The topological polar surface area (TPSA) is 38.5 Å². The SMILES string of the molecule is CCOc1cccc(CC(C)(CN)N2CCC(C)CC2)c1. The second kappa shape index (κ2) is 7.28. The van der Waals surface area contributed by atoms with Crippen molar-refractivity contribution in [2.45, 2.75) is 45.6 Å². The van der Waals surface area contributed by atoms with E-state index in [9.17, 15) is 0 Å². The van der Waals surface area contributed by atoms with Gasteiger partial charge >= 0.3 is 0 Å². The quantitative estimate of drug-likeness (QED) is 0.875. The molecule has 1 aliphatic heterocycles. The normalized spacial score (nSPS) is 20.2. The van der Waals surface area contributed by atoms with Crippen LogP contribution in [0.1, 0.15) is 39.2 Å². The molecular formula is C18H30N2O. The van der Waals surface area contributed by atoms with E-state index in [1.807, 2.05) is 13.0 Å². The molecule has 0 saturated carbocycles. The van der Waals surface area contributed by atoms with E-state index >= 15 is 0 Å². The summed E-state index contributed by atoms with van der Waals surface area (Å²) in [6.07, 6.45) is 3.56. The molecule has 2 N–H and O–H groups in total. The Hall–Kier alpha value is -1.06. The van der Waals surface area contributed by atoms with Crippen molar-refractivity contribution in [3.8, 4) is 5.75 Å². The lowest BCUT2D eigenvalue weighted by atomic mass is 9.87. The molecule has 1 aromatic carbocycles. The van der Waals surface area contributed by atoms with Gasteiger partial charge in [0, 0.05) is 12.1 Å². The number of nitrogens with two attached hydrogens (primary N) is 1. The fourth-order valence-corrected chi connectivity index (χ4v) is 3.21. The van der Waals surface area contributed by atoms with Crippen LogP contribution in [0.2, 0.25) is 0 Å². The predicted molar refractivity (Wildman–Crippen MR) is 88.7 cm³/mol. The number of hydrogen-bond acceptors (Lipinski definition) is 3. The molecule has 0 aliphatic carbocycles. The van der Waals surface area contributed by atoms with Gasteiger partial charge in [-0.05, 0) is 69.8 Å². The average molecular weight is 290 g/mol. The van der Waals surface area contributed by atoms with Crippen LogP contribution in [-0.2, 0) is 6.42 Å². The fourth-order valence-electron chi connectivity index (χ4n) is 3.21. The van der Waals surface area contributed by atoms with Gasteiger partial charge in [-0.1, -0.05) is 19.1 Å². The van der Waals surface area contributed by atoms with Gasteiger partial charge in [-0.15, -0.1) is 0 Å². The molecule has 1 saturated heterocycles. The lowest BCUT2D eigenvalue weighted by Gasteiger charge is -2.44. The molecule has 1 fully saturated rings. The molecule has 0 radical (unpaired) electrons. The number of likely N-dealkylation sites (tertiary alicyclic amines) is 1. The van der Waals surface area contributed by atoms with E-state index in [0.717, 1.165) is 18.1 Å². The Balaban J connectivity index is 2.08.